The Labute approximate surface area is 189 Å². The van der Waals surface area contributed by atoms with Gasteiger partial charge in [0.25, 0.3) is 5.72 Å². The van der Waals surface area contributed by atoms with Crippen molar-refractivity contribution in [3.05, 3.63) is 101 Å². The number of fused-ring (bicyclic) bond motifs is 1. The molecule has 4 rings (SSSR count). The number of hydrogen-bond acceptors (Lipinski definition) is 4. The first-order chi connectivity index (χ1) is 15.2. The lowest BCUT2D eigenvalue weighted by Crippen LogP contribution is -2.52. The maximum absolute atomic E-state index is 13.1. The molecule has 3 aromatic carbocycles. The van der Waals surface area contributed by atoms with Crippen molar-refractivity contribution in [3.63, 3.8) is 0 Å². The minimum Gasteiger partial charge on any atom is -0.464 e. The summed E-state index contributed by atoms with van der Waals surface area (Å²) in [4.78, 5) is 13.1. The topological polar surface area (TPSA) is 47.6 Å². The van der Waals surface area contributed by atoms with Gasteiger partial charge in [-0.15, -0.1) is 0 Å². The van der Waals surface area contributed by atoms with Crippen LogP contribution in [0, 0.1) is 6.92 Å². The number of methoxy groups -OCH3 is 1. The van der Waals surface area contributed by atoms with Crippen LogP contribution >= 0.6 is 0 Å². The number of carbonyl (C=O) groups is 1. The van der Waals surface area contributed by atoms with Crippen molar-refractivity contribution >= 4 is 17.2 Å². The molecule has 0 saturated heterocycles. The summed E-state index contributed by atoms with van der Waals surface area (Å²) in [7, 11) is 1.37. The average Bonchev–Trinajstić information content (AvgIpc) is 2.79. The van der Waals surface area contributed by atoms with Gasteiger partial charge in [-0.3, -0.25) is 0 Å². The second kappa shape index (κ2) is 8.19. The first-order valence-electron chi connectivity index (χ1n) is 10.8. The Morgan fingerprint density at radius 3 is 2.28 bits per heavy atom. The van der Waals surface area contributed by atoms with Gasteiger partial charge in [0.1, 0.15) is 5.75 Å². The lowest BCUT2D eigenvalue weighted by Gasteiger charge is -2.36. The van der Waals surface area contributed by atoms with Gasteiger partial charge in [0.05, 0.1) is 7.11 Å². The van der Waals surface area contributed by atoms with E-state index in [4.69, 9.17) is 9.47 Å². The predicted molar refractivity (Wildman–Crippen MR) is 129 cm³/mol. The molecule has 0 bridgehead atoms. The average molecular weight is 428 g/mol. The maximum Gasteiger partial charge on any atom is 0.376 e. The third-order valence-electron chi connectivity index (χ3n) is 5.71. The minimum absolute atomic E-state index is 0.0200. The number of rotatable bonds is 4. The number of nitrogens with one attached hydrogen (secondary N) is 1. The number of aryl methyl sites for hydroxylation is 1. The maximum atomic E-state index is 13.1. The van der Waals surface area contributed by atoms with E-state index in [9.17, 15) is 4.79 Å². The third kappa shape index (κ3) is 4.13. The summed E-state index contributed by atoms with van der Waals surface area (Å²) in [6.45, 7) is 8.57. The van der Waals surface area contributed by atoms with E-state index < -0.39 is 11.7 Å². The smallest absolute Gasteiger partial charge is 0.376 e. The summed E-state index contributed by atoms with van der Waals surface area (Å²) in [6.07, 6.45) is 1.84. The second-order valence-corrected chi connectivity index (χ2v) is 9.21. The van der Waals surface area contributed by atoms with E-state index >= 15 is 0 Å². The zero-order chi connectivity index (χ0) is 22.9. The number of ether oxygens (including phenoxy) is 2. The number of anilines is 1. The molecule has 1 heterocycles. The molecule has 4 nitrogen and oxygen atoms in total. The van der Waals surface area contributed by atoms with Crippen LogP contribution in [0.25, 0.3) is 5.57 Å². The zero-order valence-electron chi connectivity index (χ0n) is 19.2. The Bertz CT molecular complexity index is 1160. The quantitative estimate of drug-likeness (QED) is 0.511. The number of carbonyl (C=O) groups excluding carboxylic acids is 1. The number of benzene rings is 3. The highest BCUT2D eigenvalue weighted by atomic mass is 16.6. The highest BCUT2D eigenvalue weighted by Crippen LogP contribution is 2.42. The molecule has 0 aliphatic carbocycles. The molecule has 0 spiro atoms. The van der Waals surface area contributed by atoms with Crippen molar-refractivity contribution < 1.29 is 14.3 Å². The van der Waals surface area contributed by atoms with E-state index in [0.717, 1.165) is 28.0 Å². The third-order valence-corrected chi connectivity index (χ3v) is 5.71. The van der Waals surface area contributed by atoms with Crippen LogP contribution in [0.5, 0.6) is 5.75 Å². The van der Waals surface area contributed by atoms with E-state index in [1.54, 1.807) is 0 Å². The lowest BCUT2D eigenvalue weighted by atomic mass is 9.83. The molecule has 3 aromatic rings. The normalized spacial score (nSPS) is 17.6. The molecule has 0 aromatic heterocycles. The van der Waals surface area contributed by atoms with Gasteiger partial charge in [0.2, 0.25) is 0 Å². The van der Waals surface area contributed by atoms with Crippen molar-refractivity contribution in [1.82, 2.24) is 0 Å². The lowest BCUT2D eigenvalue weighted by molar-refractivity contribution is -0.152. The van der Waals surface area contributed by atoms with Crippen LogP contribution in [0.3, 0.4) is 0 Å². The van der Waals surface area contributed by atoms with Crippen molar-refractivity contribution in [2.45, 2.75) is 38.8 Å². The summed E-state index contributed by atoms with van der Waals surface area (Å²) in [5.41, 5.74) is 4.45. The first kappa shape index (κ1) is 21.7. The summed E-state index contributed by atoms with van der Waals surface area (Å²) in [5, 5.41) is 3.28. The summed E-state index contributed by atoms with van der Waals surface area (Å²) in [6, 6.07) is 24.0. The van der Waals surface area contributed by atoms with Crippen LogP contribution < -0.4 is 10.1 Å². The van der Waals surface area contributed by atoms with Crippen LogP contribution in [-0.4, -0.2) is 18.8 Å². The van der Waals surface area contributed by atoms with Crippen molar-refractivity contribution in [2.24, 2.45) is 0 Å². The SMILES string of the molecule is COC(=O)[C@]1(Nc2ccc(C)cc2)C=C(c2ccccc2)c2cc(C(C)(C)C)ccc2O1. The fraction of sp³-hybridized carbons (Fsp3) is 0.250. The molecule has 4 heteroatoms. The molecule has 0 saturated carbocycles. The van der Waals surface area contributed by atoms with Gasteiger partial charge >= 0.3 is 5.97 Å². The van der Waals surface area contributed by atoms with Crippen LogP contribution in [0.15, 0.2) is 78.9 Å². The van der Waals surface area contributed by atoms with Crippen LogP contribution in [-0.2, 0) is 14.9 Å². The van der Waals surface area contributed by atoms with Gasteiger partial charge in [-0.05, 0) is 53.3 Å². The Hall–Kier alpha value is -3.53. The van der Waals surface area contributed by atoms with Crippen molar-refractivity contribution in [1.29, 1.82) is 0 Å². The summed E-state index contributed by atoms with van der Waals surface area (Å²) in [5.74, 6) is 0.112. The molecule has 164 valence electrons. The van der Waals surface area contributed by atoms with Gasteiger partial charge in [-0.2, -0.15) is 0 Å². The van der Waals surface area contributed by atoms with Crippen LogP contribution in [0.2, 0.25) is 0 Å². The molecule has 1 N–H and O–H groups in total. The second-order valence-electron chi connectivity index (χ2n) is 9.21. The zero-order valence-corrected chi connectivity index (χ0v) is 19.2. The number of esters is 1. The van der Waals surface area contributed by atoms with E-state index in [1.807, 2.05) is 73.7 Å². The summed E-state index contributed by atoms with van der Waals surface area (Å²) >= 11 is 0. The Morgan fingerprint density at radius 1 is 0.969 bits per heavy atom. The molecule has 32 heavy (non-hydrogen) atoms. The molecule has 1 atom stereocenters. The monoisotopic (exact) mass is 427 g/mol. The molecule has 0 fully saturated rings. The van der Waals surface area contributed by atoms with E-state index in [1.165, 1.54) is 12.7 Å². The molecule has 0 radical (unpaired) electrons. The largest absolute Gasteiger partial charge is 0.464 e. The van der Waals surface area contributed by atoms with Gasteiger partial charge < -0.3 is 14.8 Å². The van der Waals surface area contributed by atoms with Gasteiger partial charge in [0, 0.05) is 17.3 Å². The molecular formula is C28H29NO3. The minimum atomic E-state index is -1.49. The van der Waals surface area contributed by atoms with Gasteiger partial charge in [0.15, 0.2) is 0 Å². The predicted octanol–water partition coefficient (Wildman–Crippen LogP) is 6.10. The van der Waals surface area contributed by atoms with E-state index in [2.05, 4.69) is 38.2 Å². The molecule has 1 aliphatic heterocycles. The van der Waals surface area contributed by atoms with Crippen molar-refractivity contribution in [2.75, 3.05) is 12.4 Å². The Balaban J connectivity index is 1.91. The fourth-order valence-electron chi connectivity index (χ4n) is 3.85. The summed E-state index contributed by atoms with van der Waals surface area (Å²) < 4.78 is 11.6. The van der Waals surface area contributed by atoms with E-state index in [-0.39, 0.29) is 5.41 Å². The van der Waals surface area contributed by atoms with E-state index in [0.29, 0.717) is 5.75 Å². The molecule has 0 amide bonds. The van der Waals surface area contributed by atoms with Gasteiger partial charge in [-0.25, -0.2) is 4.79 Å². The molecule has 1 aliphatic rings. The van der Waals surface area contributed by atoms with Gasteiger partial charge in [-0.1, -0.05) is 74.9 Å². The van der Waals surface area contributed by atoms with Crippen LogP contribution in [0.4, 0.5) is 5.69 Å². The Kier molecular flexibility index (Phi) is 5.55. The van der Waals surface area contributed by atoms with Crippen molar-refractivity contribution in [3.8, 4) is 5.75 Å². The highest BCUT2D eigenvalue weighted by molar-refractivity contribution is 5.94. The number of hydrogen-bond donors (Lipinski definition) is 1. The molecule has 0 unspecified atom stereocenters. The fourth-order valence-corrected chi connectivity index (χ4v) is 3.85. The Morgan fingerprint density at radius 2 is 1.66 bits per heavy atom. The van der Waals surface area contributed by atoms with Crippen LogP contribution in [0.1, 0.15) is 43.0 Å². The first-order valence-corrected chi connectivity index (χ1v) is 10.8. The molecular weight excluding hydrogens is 398 g/mol. The highest BCUT2D eigenvalue weighted by Gasteiger charge is 2.44. The standard InChI is InChI=1S/C28H29NO3/c1-19-11-14-22(15-12-19)29-28(26(30)31-5)18-24(20-9-7-6-8-10-20)23-17-21(27(2,3)4)13-16-25(23)32-28/h6-18,29H,1-5H3/t28-/m0/s1.